The molecule has 0 amide bonds. The molecule has 1 aromatic heterocycles. The van der Waals surface area contributed by atoms with E-state index in [1.165, 1.54) is 5.56 Å². The van der Waals surface area contributed by atoms with Crippen molar-refractivity contribution in [2.75, 3.05) is 0 Å². The third kappa shape index (κ3) is 4.08. The van der Waals surface area contributed by atoms with Crippen LogP contribution in [-0.2, 0) is 6.54 Å². The van der Waals surface area contributed by atoms with Gasteiger partial charge < -0.3 is 10.3 Å². The second-order valence-corrected chi connectivity index (χ2v) is 6.19. The molecule has 1 aromatic carbocycles. The molecule has 0 radical (unpaired) electrons. The summed E-state index contributed by atoms with van der Waals surface area (Å²) < 4.78 is 0. The maximum atomic E-state index is 12.2. The number of aromatic amines is 1. The van der Waals surface area contributed by atoms with E-state index in [-0.39, 0.29) is 5.56 Å². The van der Waals surface area contributed by atoms with Gasteiger partial charge in [-0.25, -0.2) is 0 Å². The summed E-state index contributed by atoms with van der Waals surface area (Å²) in [4.78, 5) is 15.2. The average molecular weight is 298 g/mol. The topological polar surface area (TPSA) is 44.9 Å². The molecule has 2 aromatic rings. The van der Waals surface area contributed by atoms with Crippen molar-refractivity contribution in [1.29, 1.82) is 0 Å². The lowest BCUT2D eigenvalue weighted by molar-refractivity contribution is 0.532. The van der Waals surface area contributed by atoms with Crippen LogP contribution in [-0.4, -0.2) is 11.0 Å². The second kappa shape index (κ2) is 7.41. The van der Waals surface area contributed by atoms with Gasteiger partial charge in [0, 0.05) is 23.8 Å². The Morgan fingerprint density at radius 2 is 1.73 bits per heavy atom. The minimum Gasteiger partial charge on any atom is -0.322 e. The van der Waals surface area contributed by atoms with Crippen LogP contribution in [0.25, 0.3) is 11.3 Å². The van der Waals surface area contributed by atoms with Gasteiger partial charge in [0.1, 0.15) is 0 Å². The summed E-state index contributed by atoms with van der Waals surface area (Å²) in [5.74, 6) is 0.516. The number of pyridine rings is 1. The smallest absolute Gasteiger partial charge is 0.252 e. The van der Waals surface area contributed by atoms with Crippen molar-refractivity contribution in [3.63, 3.8) is 0 Å². The van der Waals surface area contributed by atoms with Gasteiger partial charge in [0.25, 0.3) is 5.56 Å². The number of aromatic nitrogens is 1. The van der Waals surface area contributed by atoms with Crippen molar-refractivity contribution in [3.05, 3.63) is 57.9 Å². The Hall–Kier alpha value is -1.87. The van der Waals surface area contributed by atoms with Gasteiger partial charge in [-0.1, -0.05) is 51.1 Å². The first-order valence-electron chi connectivity index (χ1n) is 8.07. The number of benzene rings is 1. The summed E-state index contributed by atoms with van der Waals surface area (Å²) in [5, 5.41) is 3.35. The van der Waals surface area contributed by atoms with Crippen LogP contribution in [0.15, 0.2) is 41.2 Å². The van der Waals surface area contributed by atoms with Crippen LogP contribution < -0.4 is 10.9 Å². The Labute approximate surface area is 132 Å². The van der Waals surface area contributed by atoms with Gasteiger partial charge in [-0.2, -0.15) is 0 Å². The van der Waals surface area contributed by atoms with Crippen molar-refractivity contribution in [1.82, 2.24) is 10.3 Å². The van der Waals surface area contributed by atoms with E-state index in [1.807, 2.05) is 12.1 Å². The number of nitrogens with one attached hydrogen (secondary N) is 2. The number of rotatable bonds is 6. The van der Waals surface area contributed by atoms with Crippen LogP contribution >= 0.6 is 0 Å². The number of hydrogen-bond acceptors (Lipinski definition) is 2. The van der Waals surface area contributed by atoms with E-state index in [4.69, 9.17) is 0 Å². The third-order valence-electron chi connectivity index (χ3n) is 4.13. The Morgan fingerprint density at radius 3 is 2.27 bits per heavy atom. The maximum absolute atomic E-state index is 12.2. The summed E-state index contributed by atoms with van der Waals surface area (Å²) >= 11 is 0. The summed E-state index contributed by atoms with van der Waals surface area (Å²) in [7, 11) is 0. The maximum Gasteiger partial charge on any atom is 0.252 e. The fraction of sp³-hybridized carbons (Fsp3) is 0.421. The van der Waals surface area contributed by atoms with Crippen molar-refractivity contribution >= 4 is 0 Å². The molecule has 2 rings (SSSR count). The molecule has 0 fully saturated rings. The molecule has 3 nitrogen and oxygen atoms in total. The zero-order valence-electron chi connectivity index (χ0n) is 13.9. The lowest BCUT2D eigenvalue weighted by Crippen LogP contribution is -2.28. The molecule has 0 aliphatic heterocycles. The van der Waals surface area contributed by atoms with E-state index >= 15 is 0 Å². The van der Waals surface area contributed by atoms with E-state index in [0.29, 0.717) is 18.5 Å². The summed E-state index contributed by atoms with van der Waals surface area (Å²) in [6, 6.07) is 12.7. The van der Waals surface area contributed by atoms with Gasteiger partial charge in [0.2, 0.25) is 0 Å². The normalized spacial score (nSPS) is 12.6. The van der Waals surface area contributed by atoms with Crippen molar-refractivity contribution in [3.8, 4) is 11.3 Å². The average Bonchev–Trinajstić information content (AvgIpc) is 2.53. The lowest BCUT2D eigenvalue weighted by Gasteiger charge is -2.11. The first-order valence-corrected chi connectivity index (χ1v) is 8.07. The Balaban J connectivity index is 2.16. The molecule has 3 heteroatoms. The summed E-state index contributed by atoms with van der Waals surface area (Å²) in [6.45, 7) is 9.22. The van der Waals surface area contributed by atoms with E-state index in [2.05, 4.69) is 62.3 Å². The van der Waals surface area contributed by atoms with E-state index < -0.39 is 0 Å². The minimum atomic E-state index is -0.0127. The zero-order valence-corrected chi connectivity index (χ0v) is 13.9. The first-order chi connectivity index (χ1) is 10.5. The molecule has 1 atom stereocenters. The van der Waals surface area contributed by atoms with Crippen LogP contribution in [0.2, 0.25) is 0 Å². The Kier molecular flexibility index (Phi) is 5.56. The monoisotopic (exact) mass is 298 g/mol. The predicted octanol–water partition coefficient (Wildman–Crippen LogP) is 4.05. The van der Waals surface area contributed by atoms with Crippen LogP contribution in [0, 0.1) is 0 Å². The highest BCUT2D eigenvalue weighted by atomic mass is 16.1. The molecule has 0 aliphatic carbocycles. The lowest BCUT2D eigenvalue weighted by atomic mass is 10.0. The summed E-state index contributed by atoms with van der Waals surface area (Å²) in [6.07, 6.45) is 1.05. The number of H-pyrrole nitrogens is 1. The SMILES string of the molecule is CCC(C)NCc1ccc(-c2ccc(C(C)C)cc2)[nH]c1=O. The molecule has 1 heterocycles. The van der Waals surface area contributed by atoms with Gasteiger partial charge in [0.15, 0.2) is 0 Å². The molecule has 22 heavy (non-hydrogen) atoms. The van der Waals surface area contributed by atoms with Gasteiger partial charge in [0.05, 0.1) is 0 Å². The molecule has 1 unspecified atom stereocenters. The van der Waals surface area contributed by atoms with Crippen molar-refractivity contribution < 1.29 is 0 Å². The Morgan fingerprint density at radius 1 is 1.05 bits per heavy atom. The van der Waals surface area contributed by atoms with Crippen LogP contribution in [0.4, 0.5) is 0 Å². The van der Waals surface area contributed by atoms with E-state index in [0.717, 1.165) is 23.2 Å². The molecule has 0 spiro atoms. The molecule has 2 N–H and O–H groups in total. The highest BCUT2D eigenvalue weighted by Crippen LogP contribution is 2.20. The molecular weight excluding hydrogens is 272 g/mol. The highest BCUT2D eigenvalue weighted by Gasteiger charge is 2.06. The molecule has 0 saturated heterocycles. The fourth-order valence-corrected chi connectivity index (χ4v) is 2.29. The minimum absolute atomic E-state index is 0.0127. The fourth-order valence-electron chi connectivity index (χ4n) is 2.29. The first kappa shape index (κ1) is 16.5. The van der Waals surface area contributed by atoms with Gasteiger partial charge in [-0.3, -0.25) is 4.79 Å². The molecule has 0 bridgehead atoms. The quantitative estimate of drug-likeness (QED) is 0.845. The molecule has 0 saturated carbocycles. The standard InChI is InChI=1S/C19H26N2O/c1-5-14(4)20-12-17-10-11-18(21-19(17)22)16-8-6-15(7-9-16)13(2)3/h6-11,13-14,20H,5,12H2,1-4H3,(H,21,22). The summed E-state index contributed by atoms with van der Waals surface area (Å²) in [5.41, 5.74) is 3.99. The van der Waals surface area contributed by atoms with Gasteiger partial charge >= 0.3 is 0 Å². The Bertz CT molecular complexity index is 656. The number of hydrogen-bond donors (Lipinski definition) is 2. The van der Waals surface area contributed by atoms with Gasteiger partial charge in [-0.05, 0) is 36.5 Å². The van der Waals surface area contributed by atoms with Crippen LogP contribution in [0.3, 0.4) is 0 Å². The molecule has 118 valence electrons. The molecular formula is C19H26N2O. The second-order valence-electron chi connectivity index (χ2n) is 6.19. The molecule has 0 aliphatic rings. The highest BCUT2D eigenvalue weighted by molar-refractivity contribution is 5.59. The van der Waals surface area contributed by atoms with Gasteiger partial charge in [-0.15, -0.1) is 0 Å². The van der Waals surface area contributed by atoms with E-state index in [1.54, 1.807) is 0 Å². The van der Waals surface area contributed by atoms with Crippen molar-refractivity contribution in [2.45, 2.75) is 52.6 Å². The largest absolute Gasteiger partial charge is 0.322 e. The predicted molar refractivity (Wildman–Crippen MR) is 93.2 cm³/mol. The third-order valence-corrected chi connectivity index (χ3v) is 4.13. The van der Waals surface area contributed by atoms with Crippen molar-refractivity contribution in [2.24, 2.45) is 0 Å². The van der Waals surface area contributed by atoms with Crippen LogP contribution in [0.1, 0.15) is 51.2 Å². The zero-order chi connectivity index (χ0) is 16.1. The van der Waals surface area contributed by atoms with E-state index in [9.17, 15) is 4.79 Å². The van der Waals surface area contributed by atoms with Crippen LogP contribution in [0.5, 0.6) is 0 Å².